The van der Waals surface area contributed by atoms with Crippen LogP contribution in [0, 0.1) is 11.3 Å². The van der Waals surface area contributed by atoms with Gasteiger partial charge in [0.1, 0.15) is 23.0 Å². The summed E-state index contributed by atoms with van der Waals surface area (Å²) in [6.07, 6.45) is 1.66. The topological polar surface area (TPSA) is 59.9 Å². The van der Waals surface area contributed by atoms with Crippen LogP contribution in [0.3, 0.4) is 0 Å². The zero-order valence-electron chi connectivity index (χ0n) is 29.0. The van der Waals surface area contributed by atoms with Gasteiger partial charge in [-0.2, -0.15) is 5.26 Å². The molecule has 0 radical (unpaired) electrons. The number of rotatable bonds is 3. The van der Waals surface area contributed by atoms with Crippen LogP contribution >= 0.6 is 0 Å². The lowest BCUT2D eigenvalue weighted by molar-refractivity contribution is 0.543. The Balaban J connectivity index is 1.14. The summed E-state index contributed by atoms with van der Waals surface area (Å²) in [4.78, 5) is 0. The van der Waals surface area contributed by atoms with Gasteiger partial charge < -0.3 is 18.0 Å². The fourth-order valence-corrected chi connectivity index (χ4v) is 9.31. The van der Waals surface area contributed by atoms with Crippen molar-refractivity contribution in [2.24, 2.45) is 0 Å². The molecule has 5 heteroatoms. The van der Waals surface area contributed by atoms with Gasteiger partial charge in [-0.15, -0.1) is 0 Å². The molecular weight excluding hydrogens is 663 g/mol. The first-order valence-electron chi connectivity index (χ1n) is 18.4. The molecule has 0 bridgehead atoms. The molecule has 4 aromatic heterocycles. The number of nitrogens with zero attached hydrogens (tertiary/aromatic N) is 3. The monoisotopic (exact) mass is 691 g/mol. The van der Waals surface area contributed by atoms with Crippen molar-refractivity contribution < 1.29 is 8.83 Å². The molecule has 1 aliphatic rings. The molecule has 0 fully saturated rings. The predicted octanol–water partition coefficient (Wildman–Crippen LogP) is 12.7. The second kappa shape index (κ2) is 10.9. The molecule has 1 aliphatic carbocycles. The zero-order valence-corrected chi connectivity index (χ0v) is 29.0. The van der Waals surface area contributed by atoms with Crippen LogP contribution in [0.4, 0.5) is 0 Å². The van der Waals surface area contributed by atoms with E-state index in [4.69, 9.17) is 8.83 Å². The van der Waals surface area contributed by atoms with Gasteiger partial charge in [-0.1, -0.05) is 109 Å². The standard InChI is InChI=1S/C49H29N3O2/c50-28-37-29(17-11-21-41(37)52-39-19-7-2-13-31(39)33-24-25-34-32-14-4-9-22-43(32)54-49(34)48(33)52)30-12-1-6-18-38(30)51-40-20-8-3-15-35(40)46-42(51)26-27-45-47(46)36-16-5-10-23-44(36)53-45/h1-25H,26-27H2. The summed E-state index contributed by atoms with van der Waals surface area (Å²) in [6.45, 7) is 0. The van der Waals surface area contributed by atoms with Crippen molar-refractivity contribution in [1.82, 2.24) is 9.13 Å². The number of fused-ring (bicyclic) bond motifs is 14. The molecule has 11 aromatic rings. The molecule has 5 nitrogen and oxygen atoms in total. The number of furan rings is 2. The summed E-state index contributed by atoms with van der Waals surface area (Å²) in [5.74, 6) is 1.05. The van der Waals surface area contributed by atoms with Gasteiger partial charge in [0.05, 0.1) is 33.5 Å². The van der Waals surface area contributed by atoms with Crippen molar-refractivity contribution in [3.05, 3.63) is 169 Å². The molecule has 0 N–H and O–H groups in total. The fourth-order valence-electron chi connectivity index (χ4n) is 9.31. The summed E-state index contributed by atoms with van der Waals surface area (Å²) >= 11 is 0. The van der Waals surface area contributed by atoms with Crippen LogP contribution in [0.2, 0.25) is 0 Å². The summed E-state index contributed by atoms with van der Waals surface area (Å²) in [5.41, 5.74) is 13.7. The van der Waals surface area contributed by atoms with E-state index in [9.17, 15) is 5.26 Å². The molecule has 0 aliphatic heterocycles. The molecule has 0 spiro atoms. The lowest BCUT2D eigenvalue weighted by atomic mass is 9.91. The van der Waals surface area contributed by atoms with Gasteiger partial charge in [-0.3, -0.25) is 0 Å². The van der Waals surface area contributed by atoms with E-state index < -0.39 is 0 Å². The first-order chi connectivity index (χ1) is 26.8. The van der Waals surface area contributed by atoms with Gasteiger partial charge in [0.15, 0.2) is 5.58 Å². The Bertz CT molecular complexity index is 3420. The van der Waals surface area contributed by atoms with E-state index in [0.29, 0.717) is 5.56 Å². The van der Waals surface area contributed by atoms with Crippen LogP contribution in [0.5, 0.6) is 0 Å². The van der Waals surface area contributed by atoms with Gasteiger partial charge in [0.2, 0.25) is 0 Å². The van der Waals surface area contributed by atoms with E-state index in [0.717, 1.165) is 101 Å². The largest absolute Gasteiger partial charge is 0.460 e. The summed E-state index contributed by atoms with van der Waals surface area (Å²) < 4.78 is 17.7. The maximum Gasteiger partial charge on any atom is 0.160 e. The third-order valence-electron chi connectivity index (χ3n) is 11.5. The Morgan fingerprint density at radius 1 is 0.463 bits per heavy atom. The number of nitriles is 1. The molecule has 252 valence electrons. The molecule has 4 heterocycles. The van der Waals surface area contributed by atoms with Crippen molar-refractivity contribution in [3.63, 3.8) is 0 Å². The first-order valence-corrected chi connectivity index (χ1v) is 18.4. The molecule has 54 heavy (non-hydrogen) atoms. The molecule has 0 unspecified atom stereocenters. The van der Waals surface area contributed by atoms with Crippen molar-refractivity contribution in [2.75, 3.05) is 0 Å². The highest BCUT2D eigenvalue weighted by molar-refractivity contribution is 6.21. The number of hydrogen-bond acceptors (Lipinski definition) is 3. The minimum atomic E-state index is 0.606. The average molecular weight is 692 g/mol. The molecule has 0 amide bonds. The lowest BCUT2D eigenvalue weighted by Gasteiger charge is -2.20. The second-order valence-corrected chi connectivity index (χ2v) is 14.2. The third kappa shape index (κ3) is 3.81. The quantitative estimate of drug-likeness (QED) is 0.185. The van der Waals surface area contributed by atoms with Crippen LogP contribution in [0.15, 0.2) is 160 Å². The highest BCUT2D eigenvalue weighted by Crippen LogP contribution is 2.48. The molecule has 0 atom stereocenters. The van der Waals surface area contributed by atoms with Gasteiger partial charge in [0, 0.05) is 66.7 Å². The molecule has 0 saturated heterocycles. The Kier molecular flexibility index (Phi) is 5.90. The number of para-hydroxylation sites is 5. The van der Waals surface area contributed by atoms with E-state index >= 15 is 0 Å². The number of aryl methyl sites for hydroxylation is 1. The Hall–Kier alpha value is -7.29. The van der Waals surface area contributed by atoms with E-state index in [1.165, 1.54) is 22.2 Å². The van der Waals surface area contributed by atoms with Crippen LogP contribution in [-0.4, -0.2) is 9.13 Å². The minimum absolute atomic E-state index is 0.606. The summed E-state index contributed by atoms with van der Waals surface area (Å²) in [5, 5.41) is 17.9. The van der Waals surface area contributed by atoms with Crippen LogP contribution < -0.4 is 0 Å². The normalized spacial score (nSPS) is 12.6. The number of aromatic nitrogens is 2. The van der Waals surface area contributed by atoms with E-state index in [1.54, 1.807) is 0 Å². The zero-order chi connectivity index (χ0) is 35.5. The maximum absolute atomic E-state index is 11.2. The average Bonchev–Trinajstić information content (AvgIpc) is 3.98. The van der Waals surface area contributed by atoms with Gasteiger partial charge in [-0.25, -0.2) is 0 Å². The predicted molar refractivity (Wildman–Crippen MR) is 218 cm³/mol. The highest BCUT2D eigenvalue weighted by atomic mass is 16.3. The van der Waals surface area contributed by atoms with Gasteiger partial charge in [-0.05, 0) is 48.9 Å². The SMILES string of the molecule is N#Cc1c(-c2ccccc2-n2c3c(c4ccccc42)-c2c(oc4ccccc24)CC3)cccc1-n1c2ccccc2c2ccc3c4ccccc4oc3c21. The molecular formula is C49H29N3O2. The lowest BCUT2D eigenvalue weighted by Crippen LogP contribution is -2.08. The smallest absolute Gasteiger partial charge is 0.160 e. The van der Waals surface area contributed by atoms with E-state index in [2.05, 4.69) is 143 Å². The number of benzene rings is 7. The van der Waals surface area contributed by atoms with Crippen molar-refractivity contribution in [1.29, 1.82) is 5.26 Å². The Labute approximate surface area is 309 Å². The molecule has 0 saturated carbocycles. The summed E-state index contributed by atoms with van der Waals surface area (Å²) in [6, 6.07) is 55.5. The molecule has 7 aromatic carbocycles. The molecule has 12 rings (SSSR count). The van der Waals surface area contributed by atoms with Crippen molar-refractivity contribution in [2.45, 2.75) is 12.8 Å². The van der Waals surface area contributed by atoms with Gasteiger partial charge >= 0.3 is 0 Å². The van der Waals surface area contributed by atoms with E-state index in [1.807, 2.05) is 24.3 Å². The van der Waals surface area contributed by atoms with E-state index in [-0.39, 0.29) is 0 Å². The van der Waals surface area contributed by atoms with Crippen LogP contribution in [0.25, 0.3) is 99.2 Å². The Morgan fingerprint density at radius 2 is 1.09 bits per heavy atom. The first kappa shape index (κ1) is 29.3. The van der Waals surface area contributed by atoms with Crippen LogP contribution in [-0.2, 0) is 12.8 Å². The highest BCUT2D eigenvalue weighted by Gasteiger charge is 2.30. The van der Waals surface area contributed by atoms with Crippen molar-refractivity contribution in [3.8, 4) is 39.7 Å². The maximum atomic E-state index is 11.2. The fraction of sp³-hybridized carbons (Fsp3) is 0.0408. The van der Waals surface area contributed by atoms with Crippen LogP contribution in [0.1, 0.15) is 17.0 Å². The van der Waals surface area contributed by atoms with Gasteiger partial charge in [0.25, 0.3) is 0 Å². The Morgan fingerprint density at radius 3 is 1.93 bits per heavy atom. The number of hydrogen-bond donors (Lipinski definition) is 0. The third-order valence-corrected chi connectivity index (χ3v) is 11.5. The summed E-state index contributed by atoms with van der Waals surface area (Å²) in [7, 11) is 0. The minimum Gasteiger partial charge on any atom is -0.460 e. The van der Waals surface area contributed by atoms with Crippen molar-refractivity contribution >= 4 is 65.6 Å². The second-order valence-electron chi connectivity index (χ2n) is 14.2.